The van der Waals surface area contributed by atoms with Gasteiger partial charge >= 0.3 is 0 Å². The van der Waals surface area contributed by atoms with Gasteiger partial charge in [0.2, 0.25) is 0 Å². The number of fused-ring (bicyclic) bond motifs is 1. The summed E-state index contributed by atoms with van der Waals surface area (Å²) in [6.07, 6.45) is 3.07. The predicted molar refractivity (Wildman–Crippen MR) is 118 cm³/mol. The van der Waals surface area contributed by atoms with E-state index >= 15 is 0 Å². The van der Waals surface area contributed by atoms with Crippen LogP contribution in [0.15, 0.2) is 42.7 Å². The molecule has 4 aromatic rings. The molecule has 1 amide bonds. The van der Waals surface area contributed by atoms with E-state index in [1.54, 1.807) is 17.7 Å². The zero-order valence-electron chi connectivity index (χ0n) is 16.9. The Bertz CT molecular complexity index is 1150. The van der Waals surface area contributed by atoms with Crippen molar-refractivity contribution in [2.75, 3.05) is 13.2 Å². The van der Waals surface area contributed by atoms with Gasteiger partial charge in [-0.1, -0.05) is 0 Å². The Hall–Kier alpha value is -3.26. The number of aryl methyl sites for hydroxylation is 2. The third-order valence-electron chi connectivity index (χ3n) is 4.67. The quantitative estimate of drug-likeness (QED) is 0.417. The van der Waals surface area contributed by atoms with E-state index in [1.807, 2.05) is 31.2 Å². The maximum atomic E-state index is 12.6. The molecule has 0 radical (unpaired) electrons. The van der Waals surface area contributed by atoms with E-state index in [2.05, 4.69) is 39.6 Å². The molecule has 30 heavy (non-hydrogen) atoms. The molecule has 154 valence electrons. The fraction of sp³-hybridized carbons (Fsp3) is 0.273. The minimum absolute atomic E-state index is 0.119. The lowest BCUT2D eigenvalue weighted by atomic mass is 10.1. The van der Waals surface area contributed by atoms with Crippen molar-refractivity contribution in [1.82, 2.24) is 25.5 Å². The third-order valence-corrected chi connectivity index (χ3v) is 5.69. The standard InChI is InChI=1S/C22H23N5O2S/c1-3-29-19-12-18(20-9-6-14(2)30-20)26-17-11-15(7-8-16(17)19)22(28)23-10-4-5-21-24-13-25-27-21/h6-9,11-13H,3-5,10H2,1-2H3,(H,23,28)(H,24,25,27). The zero-order chi connectivity index (χ0) is 20.9. The molecule has 0 unspecified atom stereocenters. The lowest BCUT2D eigenvalue weighted by Gasteiger charge is -2.11. The van der Waals surface area contributed by atoms with Crippen LogP contribution >= 0.6 is 11.3 Å². The van der Waals surface area contributed by atoms with Gasteiger partial charge in [0.05, 0.1) is 22.7 Å². The van der Waals surface area contributed by atoms with E-state index < -0.39 is 0 Å². The Labute approximate surface area is 178 Å². The Balaban J connectivity index is 1.54. The fourth-order valence-electron chi connectivity index (χ4n) is 3.22. The number of hydrogen-bond acceptors (Lipinski definition) is 6. The summed E-state index contributed by atoms with van der Waals surface area (Å²) < 4.78 is 5.85. The highest BCUT2D eigenvalue weighted by molar-refractivity contribution is 7.15. The number of rotatable bonds is 8. The van der Waals surface area contributed by atoms with Gasteiger partial charge in [-0.2, -0.15) is 0 Å². The first-order valence-electron chi connectivity index (χ1n) is 9.91. The smallest absolute Gasteiger partial charge is 0.251 e. The number of carbonyl (C=O) groups is 1. The molecule has 3 heterocycles. The van der Waals surface area contributed by atoms with E-state index in [0.29, 0.717) is 18.7 Å². The van der Waals surface area contributed by atoms with Crippen LogP contribution < -0.4 is 10.1 Å². The summed E-state index contributed by atoms with van der Waals surface area (Å²) in [7, 11) is 0. The Morgan fingerprint density at radius 1 is 1.23 bits per heavy atom. The second-order valence-corrected chi connectivity index (χ2v) is 8.16. The number of amides is 1. The van der Waals surface area contributed by atoms with Crippen molar-refractivity contribution >= 4 is 28.1 Å². The van der Waals surface area contributed by atoms with Crippen molar-refractivity contribution < 1.29 is 9.53 Å². The highest BCUT2D eigenvalue weighted by Crippen LogP contribution is 2.33. The average Bonchev–Trinajstić information content (AvgIpc) is 3.42. The van der Waals surface area contributed by atoms with E-state index in [4.69, 9.17) is 9.72 Å². The van der Waals surface area contributed by atoms with E-state index in [0.717, 1.165) is 45.9 Å². The summed E-state index contributed by atoms with van der Waals surface area (Å²) >= 11 is 1.69. The normalized spacial score (nSPS) is 11.0. The van der Waals surface area contributed by atoms with Gasteiger partial charge in [-0.3, -0.25) is 4.79 Å². The van der Waals surface area contributed by atoms with Gasteiger partial charge in [0.1, 0.15) is 17.9 Å². The number of aromatic amines is 1. The molecule has 0 saturated carbocycles. The lowest BCUT2D eigenvalue weighted by Crippen LogP contribution is -2.24. The second kappa shape index (κ2) is 9.04. The number of hydrogen-bond donors (Lipinski definition) is 2. The Kier molecular flexibility index (Phi) is 6.04. The van der Waals surface area contributed by atoms with Gasteiger partial charge in [-0.05, 0) is 50.6 Å². The van der Waals surface area contributed by atoms with Crippen molar-refractivity contribution in [3.8, 4) is 16.3 Å². The Morgan fingerprint density at radius 3 is 2.87 bits per heavy atom. The highest BCUT2D eigenvalue weighted by Gasteiger charge is 2.13. The van der Waals surface area contributed by atoms with Crippen LogP contribution in [0.2, 0.25) is 0 Å². The molecule has 0 aliphatic rings. The largest absolute Gasteiger partial charge is 0.493 e. The SMILES string of the molecule is CCOc1cc(-c2ccc(C)s2)nc2cc(C(=O)NCCCc3nnc[nH]3)ccc12. The summed E-state index contributed by atoms with van der Waals surface area (Å²) in [6, 6.07) is 11.7. The monoisotopic (exact) mass is 421 g/mol. The molecule has 1 aromatic carbocycles. The summed E-state index contributed by atoms with van der Waals surface area (Å²) in [6.45, 7) is 5.16. The molecule has 0 aliphatic carbocycles. The first-order valence-corrected chi connectivity index (χ1v) is 10.7. The van der Waals surface area contributed by atoms with Crippen molar-refractivity contribution in [2.45, 2.75) is 26.7 Å². The molecular weight excluding hydrogens is 398 g/mol. The number of aromatic nitrogens is 4. The van der Waals surface area contributed by atoms with E-state index in [-0.39, 0.29) is 5.91 Å². The van der Waals surface area contributed by atoms with Gasteiger partial charge in [-0.15, -0.1) is 21.5 Å². The molecule has 0 fully saturated rings. The van der Waals surface area contributed by atoms with Gasteiger partial charge < -0.3 is 15.0 Å². The van der Waals surface area contributed by atoms with Crippen LogP contribution in [0, 0.1) is 6.92 Å². The molecule has 0 spiro atoms. The second-order valence-electron chi connectivity index (χ2n) is 6.88. The van der Waals surface area contributed by atoms with Crippen LogP contribution in [0.1, 0.15) is 34.4 Å². The number of H-pyrrole nitrogens is 1. The summed E-state index contributed by atoms with van der Waals surface area (Å²) in [4.78, 5) is 22.7. The van der Waals surface area contributed by atoms with Crippen LogP contribution in [0.25, 0.3) is 21.5 Å². The predicted octanol–water partition coefficient (Wildman–Crippen LogP) is 4.15. The molecule has 8 heteroatoms. The molecule has 0 aliphatic heterocycles. The Morgan fingerprint density at radius 2 is 2.13 bits per heavy atom. The molecule has 0 bridgehead atoms. The molecule has 2 N–H and O–H groups in total. The van der Waals surface area contributed by atoms with Crippen LogP contribution in [-0.2, 0) is 6.42 Å². The van der Waals surface area contributed by atoms with Crippen molar-refractivity contribution in [1.29, 1.82) is 0 Å². The van der Waals surface area contributed by atoms with Gasteiger partial charge in [0.15, 0.2) is 0 Å². The molecule has 0 atom stereocenters. The summed E-state index contributed by atoms with van der Waals surface area (Å²) in [5.41, 5.74) is 2.18. The van der Waals surface area contributed by atoms with Crippen LogP contribution in [-0.4, -0.2) is 39.2 Å². The van der Waals surface area contributed by atoms with Crippen LogP contribution in [0.3, 0.4) is 0 Å². The molecular formula is C22H23N5O2S. The molecule has 0 saturated heterocycles. The molecule has 7 nitrogen and oxygen atoms in total. The number of benzene rings is 1. The zero-order valence-corrected chi connectivity index (χ0v) is 17.8. The third kappa shape index (κ3) is 4.49. The first-order chi connectivity index (χ1) is 14.6. The minimum Gasteiger partial charge on any atom is -0.493 e. The van der Waals surface area contributed by atoms with Crippen molar-refractivity contribution in [2.24, 2.45) is 0 Å². The molecule has 4 rings (SSSR count). The topological polar surface area (TPSA) is 92.8 Å². The fourth-order valence-corrected chi connectivity index (χ4v) is 4.05. The summed E-state index contributed by atoms with van der Waals surface area (Å²) in [5.74, 6) is 1.48. The van der Waals surface area contributed by atoms with Crippen LogP contribution in [0.4, 0.5) is 0 Å². The van der Waals surface area contributed by atoms with Crippen molar-refractivity contribution in [3.05, 3.63) is 59.0 Å². The number of carbonyl (C=O) groups excluding carboxylic acids is 1. The maximum absolute atomic E-state index is 12.6. The van der Waals surface area contributed by atoms with Crippen LogP contribution in [0.5, 0.6) is 5.75 Å². The minimum atomic E-state index is -0.119. The van der Waals surface area contributed by atoms with Gasteiger partial charge in [0, 0.05) is 34.9 Å². The maximum Gasteiger partial charge on any atom is 0.251 e. The van der Waals surface area contributed by atoms with E-state index in [1.165, 1.54) is 4.88 Å². The number of nitrogens with one attached hydrogen (secondary N) is 2. The summed E-state index contributed by atoms with van der Waals surface area (Å²) in [5, 5.41) is 11.6. The van der Waals surface area contributed by atoms with E-state index in [9.17, 15) is 4.79 Å². The molecule has 3 aromatic heterocycles. The number of nitrogens with zero attached hydrogens (tertiary/aromatic N) is 3. The first kappa shape index (κ1) is 20.0. The van der Waals surface area contributed by atoms with Gasteiger partial charge in [0.25, 0.3) is 5.91 Å². The number of thiophene rings is 1. The highest BCUT2D eigenvalue weighted by atomic mass is 32.1. The number of pyridine rings is 1. The lowest BCUT2D eigenvalue weighted by molar-refractivity contribution is 0.0953. The van der Waals surface area contributed by atoms with Crippen molar-refractivity contribution in [3.63, 3.8) is 0 Å². The number of ether oxygens (including phenoxy) is 1. The van der Waals surface area contributed by atoms with Gasteiger partial charge in [-0.25, -0.2) is 4.98 Å². The average molecular weight is 422 g/mol.